The first kappa shape index (κ1) is 20.4. The van der Waals surface area contributed by atoms with Crippen molar-refractivity contribution in [2.24, 2.45) is 0 Å². The van der Waals surface area contributed by atoms with Gasteiger partial charge in [0.2, 0.25) is 0 Å². The largest absolute Gasteiger partial charge is 0.478 e. The Bertz CT molecular complexity index is 217. The Morgan fingerprint density at radius 2 is 1.74 bits per heavy atom. The zero-order valence-corrected chi connectivity index (χ0v) is 11.9. The van der Waals surface area contributed by atoms with E-state index in [-0.39, 0.29) is 18.8 Å². The van der Waals surface area contributed by atoms with Crippen molar-refractivity contribution in [3.05, 3.63) is 12.7 Å². The zero-order chi connectivity index (χ0) is 15.3. The zero-order valence-electron chi connectivity index (χ0n) is 11.9. The minimum Gasteiger partial charge on any atom is -0.478 e. The molecule has 0 aromatic carbocycles. The lowest BCUT2D eigenvalue weighted by atomic mass is 10.3. The van der Waals surface area contributed by atoms with Crippen LogP contribution in [0.2, 0.25) is 0 Å². The van der Waals surface area contributed by atoms with E-state index in [1.54, 1.807) is 6.92 Å². The third kappa shape index (κ3) is 17.1. The number of hydrogen-bond acceptors (Lipinski definition) is 5. The van der Waals surface area contributed by atoms with Crippen molar-refractivity contribution in [3.63, 3.8) is 0 Å². The molecule has 0 radical (unpaired) electrons. The van der Waals surface area contributed by atoms with Gasteiger partial charge in [-0.1, -0.05) is 13.5 Å². The van der Waals surface area contributed by atoms with Gasteiger partial charge >= 0.3 is 5.97 Å². The highest BCUT2D eigenvalue weighted by Crippen LogP contribution is 1.99. The van der Waals surface area contributed by atoms with Crippen LogP contribution in [0, 0.1) is 0 Å². The monoisotopic (exact) mass is 278 g/mol. The quantitative estimate of drug-likeness (QED) is 0.540. The summed E-state index contributed by atoms with van der Waals surface area (Å²) in [7, 11) is 0. The second kappa shape index (κ2) is 13.5. The molecule has 0 aliphatic carbocycles. The fourth-order valence-corrected chi connectivity index (χ4v) is 0.794. The number of carboxylic acids is 1. The van der Waals surface area contributed by atoms with E-state index in [0.29, 0.717) is 19.6 Å². The van der Waals surface area contributed by atoms with Gasteiger partial charge in [0, 0.05) is 6.08 Å². The van der Waals surface area contributed by atoms with Gasteiger partial charge in [0.05, 0.1) is 38.1 Å². The fourth-order valence-electron chi connectivity index (χ4n) is 0.794. The Labute approximate surface area is 114 Å². The third-order valence-electron chi connectivity index (χ3n) is 2.09. The Morgan fingerprint density at radius 3 is 2.11 bits per heavy atom. The molecule has 6 nitrogen and oxygen atoms in total. The van der Waals surface area contributed by atoms with Crippen molar-refractivity contribution in [1.29, 1.82) is 0 Å². The lowest BCUT2D eigenvalue weighted by Gasteiger charge is -2.17. The summed E-state index contributed by atoms with van der Waals surface area (Å²) in [6.45, 7) is 9.35. The minimum absolute atomic E-state index is 0.0182. The summed E-state index contributed by atoms with van der Waals surface area (Å²) in [5.41, 5.74) is 0. The second-order valence-electron chi connectivity index (χ2n) is 4.07. The van der Waals surface area contributed by atoms with Crippen molar-refractivity contribution in [2.45, 2.75) is 45.5 Å². The highest BCUT2D eigenvalue weighted by atomic mass is 16.5. The predicted octanol–water partition coefficient (Wildman–Crippen LogP) is 0.817. The smallest absolute Gasteiger partial charge is 0.327 e. The molecule has 0 aromatic rings. The molecule has 0 aliphatic rings. The molecule has 3 atom stereocenters. The van der Waals surface area contributed by atoms with Gasteiger partial charge in [-0.05, 0) is 20.3 Å². The number of ether oxygens (including phenoxy) is 2. The second-order valence-corrected chi connectivity index (χ2v) is 4.07. The highest BCUT2D eigenvalue weighted by Gasteiger charge is 2.08. The molecule has 0 fully saturated rings. The average Bonchev–Trinajstić information content (AvgIpc) is 2.42. The van der Waals surface area contributed by atoms with Gasteiger partial charge in [-0.3, -0.25) is 0 Å². The first-order valence-corrected chi connectivity index (χ1v) is 6.24. The van der Waals surface area contributed by atoms with Gasteiger partial charge in [0.1, 0.15) is 0 Å². The summed E-state index contributed by atoms with van der Waals surface area (Å²) in [6.07, 6.45) is 0.927. The molecule has 0 aliphatic heterocycles. The summed E-state index contributed by atoms with van der Waals surface area (Å²) in [5, 5.41) is 25.5. The molecular formula is C13H26O6. The molecule has 6 heteroatoms. The van der Waals surface area contributed by atoms with Gasteiger partial charge in [0.25, 0.3) is 0 Å². The Morgan fingerprint density at radius 1 is 1.26 bits per heavy atom. The Kier molecular flexibility index (Phi) is 14.5. The number of aliphatic carboxylic acids is 1. The molecule has 19 heavy (non-hydrogen) atoms. The molecular weight excluding hydrogens is 252 g/mol. The van der Waals surface area contributed by atoms with Crippen LogP contribution in [0.25, 0.3) is 0 Å². The molecule has 3 unspecified atom stereocenters. The van der Waals surface area contributed by atoms with Crippen LogP contribution in [0.1, 0.15) is 27.2 Å². The number of aliphatic hydroxyl groups excluding tert-OH is 2. The molecule has 0 spiro atoms. The summed E-state index contributed by atoms with van der Waals surface area (Å²) < 4.78 is 10.6. The van der Waals surface area contributed by atoms with E-state index in [9.17, 15) is 9.90 Å². The fraction of sp³-hybridized carbons (Fsp3) is 0.769. The van der Waals surface area contributed by atoms with Crippen molar-refractivity contribution in [2.75, 3.05) is 19.8 Å². The predicted molar refractivity (Wildman–Crippen MR) is 72.0 cm³/mol. The van der Waals surface area contributed by atoms with E-state index in [1.807, 2.05) is 13.8 Å². The molecule has 0 amide bonds. The van der Waals surface area contributed by atoms with E-state index in [4.69, 9.17) is 19.7 Å². The van der Waals surface area contributed by atoms with Gasteiger partial charge in [0.15, 0.2) is 0 Å². The van der Waals surface area contributed by atoms with E-state index in [1.165, 1.54) is 0 Å². The Balaban J connectivity index is 0. The average molecular weight is 278 g/mol. The van der Waals surface area contributed by atoms with E-state index in [2.05, 4.69) is 6.58 Å². The minimum atomic E-state index is -0.981. The van der Waals surface area contributed by atoms with Crippen molar-refractivity contribution in [3.8, 4) is 0 Å². The maximum Gasteiger partial charge on any atom is 0.327 e. The van der Waals surface area contributed by atoms with Crippen LogP contribution in [0.4, 0.5) is 0 Å². The lowest BCUT2D eigenvalue weighted by Crippen LogP contribution is -2.25. The van der Waals surface area contributed by atoms with Gasteiger partial charge in [-0.25, -0.2) is 4.79 Å². The summed E-state index contributed by atoms with van der Waals surface area (Å²) >= 11 is 0. The first-order valence-electron chi connectivity index (χ1n) is 6.24. The number of rotatable bonds is 9. The number of aliphatic hydroxyl groups is 2. The van der Waals surface area contributed by atoms with Crippen LogP contribution in [-0.2, 0) is 14.3 Å². The van der Waals surface area contributed by atoms with Crippen LogP contribution >= 0.6 is 0 Å². The number of hydrogen-bond donors (Lipinski definition) is 3. The molecule has 0 bridgehead atoms. The molecule has 0 saturated carbocycles. The molecule has 114 valence electrons. The maximum atomic E-state index is 9.25. The van der Waals surface area contributed by atoms with Gasteiger partial charge in [-0.2, -0.15) is 0 Å². The normalized spacial score (nSPS) is 14.8. The van der Waals surface area contributed by atoms with Gasteiger partial charge < -0.3 is 24.8 Å². The Hall–Kier alpha value is -0.950. The summed E-state index contributed by atoms with van der Waals surface area (Å²) in [5.74, 6) is -0.981. The molecule has 0 rings (SSSR count). The summed E-state index contributed by atoms with van der Waals surface area (Å²) in [4.78, 5) is 9.25. The van der Waals surface area contributed by atoms with Gasteiger partial charge in [-0.15, -0.1) is 0 Å². The van der Waals surface area contributed by atoms with Crippen LogP contribution in [0.3, 0.4) is 0 Å². The number of carboxylic acid groups (broad SMARTS) is 1. The molecule has 0 saturated heterocycles. The molecule has 0 aromatic heterocycles. The van der Waals surface area contributed by atoms with Crippen molar-refractivity contribution in [1.82, 2.24) is 0 Å². The van der Waals surface area contributed by atoms with E-state index in [0.717, 1.165) is 6.08 Å². The van der Waals surface area contributed by atoms with Crippen LogP contribution < -0.4 is 0 Å². The molecule has 0 heterocycles. The third-order valence-corrected chi connectivity index (χ3v) is 2.09. The van der Waals surface area contributed by atoms with Crippen LogP contribution in [0.5, 0.6) is 0 Å². The number of carbonyl (C=O) groups is 1. The molecule has 3 N–H and O–H groups in total. The van der Waals surface area contributed by atoms with Crippen molar-refractivity contribution < 1.29 is 29.6 Å². The van der Waals surface area contributed by atoms with Crippen molar-refractivity contribution >= 4 is 5.97 Å². The van der Waals surface area contributed by atoms with E-state index >= 15 is 0 Å². The lowest BCUT2D eigenvalue weighted by molar-refractivity contribution is -0.131. The summed E-state index contributed by atoms with van der Waals surface area (Å²) in [6, 6.07) is 0. The van der Waals surface area contributed by atoms with E-state index < -0.39 is 12.1 Å². The van der Waals surface area contributed by atoms with Crippen LogP contribution in [0.15, 0.2) is 12.7 Å². The first-order chi connectivity index (χ1) is 8.87. The highest BCUT2D eigenvalue weighted by molar-refractivity contribution is 5.78. The van der Waals surface area contributed by atoms with Crippen LogP contribution in [-0.4, -0.2) is 59.4 Å². The topological polar surface area (TPSA) is 96.2 Å². The standard InChI is InChI=1S/C10H22O4.C3H4O2/c1-4-10(12)7-14-9(3)6-13-8(2)5-11;1-2-3(4)5/h8-12H,4-7H2,1-3H3;2H,1H2,(H,4,5). The maximum absolute atomic E-state index is 9.25. The SMILES string of the molecule is C=CC(=O)O.CCC(O)COC(C)COC(C)CO.